The zero-order valence-electron chi connectivity index (χ0n) is 16.9. The Morgan fingerprint density at radius 3 is 2.31 bits per heavy atom. The van der Waals surface area contributed by atoms with Gasteiger partial charge in [0.15, 0.2) is 0 Å². The lowest BCUT2D eigenvalue weighted by atomic mass is 10.1. The standard InChI is InChI=1S/C23H25NO4S/c1-4-28-23(25)16-24-17(2)14-20(18(24)3)15-19-10-8-9-13-22(19)29(26,27)21-11-6-5-7-12-21/h5-14H,4,15-16H2,1-3H3. The Kier molecular flexibility index (Phi) is 6.23. The maximum atomic E-state index is 13.2. The highest BCUT2D eigenvalue weighted by Gasteiger charge is 2.22. The number of nitrogens with zero attached hydrogens (tertiary/aromatic N) is 1. The molecular weight excluding hydrogens is 386 g/mol. The van der Waals surface area contributed by atoms with Crippen LogP contribution in [0.3, 0.4) is 0 Å². The van der Waals surface area contributed by atoms with Crippen LogP contribution in [0.1, 0.15) is 29.4 Å². The summed E-state index contributed by atoms with van der Waals surface area (Å²) in [6.07, 6.45) is 0.463. The molecule has 0 spiro atoms. The zero-order chi connectivity index (χ0) is 21.0. The van der Waals surface area contributed by atoms with Crippen LogP contribution in [0.2, 0.25) is 0 Å². The van der Waals surface area contributed by atoms with E-state index in [-0.39, 0.29) is 17.4 Å². The van der Waals surface area contributed by atoms with Crippen molar-refractivity contribution in [2.75, 3.05) is 6.61 Å². The lowest BCUT2D eigenvalue weighted by Gasteiger charge is -2.12. The fraction of sp³-hybridized carbons (Fsp3) is 0.261. The van der Waals surface area contributed by atoms with Gasteiger partial charge in [-0.1, -0.05) is 36.4 Å². The van der Waals surface area contributed by atoms with Crippen LogP contribution in [-0.4, -0.2) is 25.6 Å². The van der Waals surface area contributed by atoms with E-state index in [1.54, 1.807) is 49.4 Å². The predicted molar refractivity (Wildman–Crippen MR) is 112 cm³/mol. The topological polar surface area (TPSA) is 65.4 Å². The van der Waals surface area contributed by atoms with E-state index in [2.05, 4.69) is 0 Å². The normalized spacial score (nSPS) is 11.4. The second-order valence-electron chi connectivity index (χ2n) is 6.89. The molecule has 29 heavy (non-hydrogen) atoms. The molecule has 0 aliphatic carbocycles. The summed E-state index contributed by atoms with van der Waals surface area (Å²) in [5, 5.41) is 0. The molecule has 0 aliphatic heterocycles. The number of esters is 1. The van der Waals surface area contributed by atoms with E-state index in [4.69, 9.17) is 4.74 Å². The van der Waals surface area contributed by atoms with E-state index >= 15 is 0 Å². The molecule has 3 aromatic rings. The summed E-state index contributed by atoms with van der Waals surface area (Å²) in [5.41, 5.74) is 3.59. The van der Waals surface area contributed by atoms with E-state index in [0.29, 0.717) is 17.9 Å². The third-order valence-electron chi connectivity index (χ3n) is 4.97. The van der Waals surface area contributed by atoms with Crippen LogP contribution < -0.4 is 0 Å². The van der Waals surface area contributed by atoms with Crippen LogP contribution in [0.5, 0.6) is 0 Å². The minimum atomic E-state index is -3.61. The van der Waals surface area contributed by atoms with Crippen LogP contribution in [0, 0.1) is 13.8 Å². The van der Waals surface area contributed by atoms with Gasteiger partial charge in [-0.2, -0.15) is 0 Å². The Balaban J connectivity index is 1.96. The van der Waals surface area contributed by atoms with E-state index in [0.717, 1.165) is 22.5 Å². The molecule has 0 atom stereocenters. The smallest absolute Gasteiger partial charge is 0.325 e. The average molecular weight is 412 g/mol. The van der Waals surface area contributed by atoms with Gasteiger partial charge in [-0.3, -0.25) is 4.79 Å². The SMILES string of the molecule is CCOC(=O)Cn1c(C)cc(Cc2ccccc2S(=O)(=O)c2ccccc2)c1C. The lowest BCUT2D eigenvalue weighted by molar-refractivity contribution is -0.143. The first-order chi connectivity index (χ1) is 13.8. The van der Waals surface area contributed by atoms with Gasteiger partial charge in [0.2, 0.25) is 9.84 Å². The first kappa shape index (κ1) is 20.9. The summed E-state index contributed by atoms with van der Waals surface area (Å²) >= 11 is 0. The van der Waals surface area contributed by atoms with Crippen LogP contribution in [0.25, 0.3) is 0 Å². The monoisotopic (exact) mass is 411 g/mol. The molecule has 0 unspecified atom stereocenters. The summed E-state index contributed by atoms with van der Waals surface area (Å²) in [5.74, 6) is -0.284. The van der Waals surface area contributed by atoms with Crippen molar-refractivity contribution < 1.29 is 17.9 Å². The number of ether oxygens (including phenoxy) is 1. The molecule has 2 aromatic carbocycles. The average Bonchev–Trinajstić information content (AvgIpc) is 2.96. The molecule has 0 saturated heterocycles. The summed E-state index contributed by atoms with van der Waals surface area (Å²) in [6.45, 7) is 6.15. The van der Waals surface area contributed by atoms with Crippen molar-refractivity contribution in [2.45, 2.75) is 43.5 Å². The first-order valence-electron chi connectivity index (χ1n) is 9.54. The number of hydrogen-bond acceptors (Lipinski definition) is 4. The number of carbonyl (C=O) groups is 1. The number of sulfone groups is 1. The molecule has 0 saturated carbocycles. The molecule has 152 valence electrons. The van der Waals surface area contributed by atoms with Crippen LogP contribution in [-0.2, 0) is 32.3 Å². The van der Waals surface area contributed by atoms with Gasteiger partial charge in [-0.05, 0) is 56.2 Å². The molecule has 0 amide bonds. The Bertz CT molecular complexity index is 1120. The van der Waals surface area contributed by atoms with Crippen LogP contribution in [0.15, 0.2) is 70.5 Å². The van der Waals surface area contributed by atoms with E-state index in [1.165, 1.54) is 0 Å². The van der Waals surface area contributed by atoms with E-state index < -0.39 is 9.84 Å². The second-order valence-corrected chi connectivity index (χ2v) is 8.81. The van der Waals surface area contributed by atoms with Gasteiger partial charge in [0.05, 0.1) is 16.4 Å². The molecule has 1 heterocycles. The third kappa shape index (κ3) is 4.43. The fourth-order valence-corrected chi connectivity index (χ4v) is 4.99. The lowest BCUT2D eigenvalue weighted by Crippen LogP contribution is -2.15. The van der Waals surface area contributed by atoms with Crippen molar-refractivity contribution in [3.8, 4) is 0 Å². The van der Waals surface area contributed by atoms with Crippen molar-refractivity contribution >= 4 is 15.8 Å². The predicted octanol–water partition coefficient (Wildman–Crippen LogP) is 4.09. The van der Waals surface area contributed by atoms with Crippen molar-refractivity contribution in [3.63, 3.8) is 0 Å². The van der Waals surface area contributed by atoms with Gasteiger partial charge in [0.1, 0.15) is 6.54 Å². The highest BCUT2D eigenvalue weighted by atomic mass is 32.2. The maximum absolute atomic E-state index is 13.2. The van der Waals surface area contributed by atoms with Crippen molar-refractivity contribution in [3.05, 3.63) is 83.2 Å². The van der Waals surface area contributed by atoms with Crippen LogP contribution in [0.4, 0.5) is 0 Å². The second kappa shape index (κ2) is 8.66. The number of aromatic nitrogens is 1. The maximum Gasteiger partial charge on any atom is 0.325 e. The largest absolute Gasteiger partial charge is 0.465 e. The number of carbonyl (C=O) groups excluding carboxylic acids is 1. The van der Waals surface area contributed by atoms with Gasteiger partial charge in [0, 0.05) is 17.8 Å². The summed E-state index contributed by atoms with van der Waals surface area (Å²) < 4.78 is 33.3. The van der Waals surface area contributed by atoms with Gasteiger partial charge >= 0.3 is 5.97 Å². The fourth-order valence-electron chi connectivity index (χ4n) is 3.47. The molecule has 0 aliphatic rings. The van der Waals surface area contributed by atoms with E-state index in [9.17, 15) is 13.2 Å². The molecule has 0 radical (unpaired) electrons. The molecule has 6 heteroatoms. The van der Waals surface area contributed by atoms with Gasteiger partial charge in [-0.25, -0.2) is 8.42 Å². The van der Waals surface area contributed by atoms with Crippen molar-refractivity contribution in [1.82, 2.24) is 4.57 Å². The minimum absolute atomic E-state index is 0.148. The number of aryl methyl sites for hydroxylation is 1. The van der Waals surface area contributed by atoms with Crippen molar-refractivity contribution in [2.24, 2.45) is 0 Å². The molecule has 5 nitrogen and oxygen atoms in total. The molecule has 0 N–H and O–H groups in total. The molecule has 1 aromatic heterocycles. The van der Waals surface area contributed by atoms with Crippen LogP contribution >= 0.6 is 0 Å². The Hall–Kier alpha value is -2.86. The highest BCUT2D eigenvalue weighted by Crippen LogP contribution is 2.27. The first-order valence-corrected chi connectivity index (χ1v) is 11.0. The molecule has 3 rings (SSSR count). The summed E-state index contributed by atoms with van der Waals surface area (Å²) in [6, 6.07) is 17.5. The number of hydrogen-bond donors (Lipinski definition) is 0. The molecular formula is C23H25NO4S. The highest BCUT2D eigenvalue weighted by molar-refractivity contribution is 7.91. The van der Waals surface area contributed by atoms with Gasteiger partial charge in [0.25, 0.3) is 0 Å². The third-order valence-corrected chi connectivity index (χ3v) is 6.84. The number of benzene rings is 2. The quantitative estimate of drug-likeness (QED) is 0.549. The summed E-state index contributed by atoms with van der Waals surface area (Å²) in [7, 11) is -3.61. The Morgan fingerprint density at radius 2 is 1.62 bits per heavy atom. The Morgan fingerprint density at radius 1 is 0.966 bits per heavy atom. The van der Waals surface area contributed by atoms with Crippen molar-refractivity contribution in [1.29, 1.82) is 0 Å². The molecule has 0 fully saturated rings. The van der Waals surface area contributed by atoms with Gasteiger partial charge in [-0.15, -0.1) is 0 Å². The Labute approximate surface area is 171 Å². The van der Waals surface area contributed by atoms with E-state index in [1.807, 2.05) is 36.6 Å². The summed E-state index contributed by atoms with van der Waals surface area (Å²) in [4.78, 5) is 12.5. The molecule has 0 bridgehead atoms. The number of rotatable bonds is 7. The van der Waals surface area contributed by atoms with Gasteiger partial charge < -0.3 is 9.30 Å². The zero-order valence-corrected chi connectivity index (χ0v) is 17.7. The minimum Gasteiger partial charge on any atom is -0.465 e.